The third-order valence-corrected chi connectivity index (χ3v) is 3.89. The molecular formula is C11H18N2O2S. The summed E-state index contributed by atoms with van der Waals surface area (Å²) in [5.74, 6) is 0. The summed E-state index contributed by atoms with van der Waals surface area (Å²) in [6, 6.07) is 0. The van der Waals surface area contributed by atoms with Gasteiger partial charge in [0.25, 0.3) is 0 Å². The van der Waals surface area contributed by atoms with E-state index in [1.165, 1.54) is 0 Å². The number of hydrogen-bond donors (Lipinski definition) is 2. The van der Waals surface area contributed by atoms with E-state index in [4.69, 9.17) is 4.74 Å². The zero-order chi connectivity index (χ0) is 11.6. The van der Waals surface area contributed by atoms with Crippen LogP contribution in [0.1, 0.15) is 24.0 Å². The molecule has 1 aliphatic heterocycles. The van der Waals surface area contributed by atoms with E-state index in [0.29, 0.717) is 26.1 Å². The second-order valence-electron chi connectivity index (χ2n) is 4.33. The summed E-state index contributed by atoms with van der Waals surface area (Å²) in [7, 11) is 0. The third-order valence-electron chi connectivity index (χ3n) is 3.06. The van der Waals surface area contributed by atoms with E-state index < -0.39 is 5.60 Å². The normalized spacial score (nSPS) is 29.8. The van der Waals surface area contributed by atoms with Crippen molar-refractivity contribution in [3.8, 4) is 0 Å². The number of aliphatic hydroxyl groups is 1. The fraction of sp³-hybridized carbons (Fsp3) is 0.727. The number of thiazole rings is 1. The van der Waals surface area contributed by atoms with Gasteiger partial charge in [-0.05, 0) is 13.8 Å². The Morgan fingerprint density at radius 2 is 2.56 bits per heavy atom. The molecule has 5 heteroatoms. The zero-order valence-electron chi connectivity index (χ0n) is 9.69. The minimum absolute atomic E-state index is 0.0860. The molecule has 0 bridgehead atoms. The Morgan fingerprint density at radius 1 is 1.75 bits per heavy atom. The lowest BCUT2D eigenvalue weighted by molar-refractivity contribution is -0.0263. The maximum absolute atomic E-state index is 10.2. The summed E-state index contributed by atoms with van der Waals surface area (Å²) in [6.45, 7) is 5.83. The minimum Gasteiger partial charge on any atom is -0.386 e. The fourth-order valence-electron chi connectivity index (χ4n) is 1.90. The topological polar surface area (TPSA) is 54.4 Å². The van der Waals surface area contributed by atoms with E-state index in [1.54, 1.807) is 11.3 Å². The highest BCUT2D eigenvalue weighted by Gasteiger charge is 2.38. The summed E-state index contributed by atoms with van der Waals surface area (Å²) in [5.41, 5.74) is 0.322. The summed E-state index contributed by atoms with van der Waals surface area (Å²) >= 11 is 1.65. The van der Waals surface area contributed by atoms with Crippen molar-refractivity contribution in [2.24, 2.45) is 0 Å². The molecule has 2 rings (SSSR count). The van der Waals surface area contributed by atoms with Gasteiger partial charge in [-0.3, -0.25) is 0 Å². The number of nitrogens with zero attached hydrogens (tertiary/aromatic N) is 1. The van der Waals surface area contributed by atoms with Crippen LogP contribution in [0.3, 0.4) is 0 Å². The van der Waals surface area contributed by atoms with Crippen molar-refractivity contribution in [3.63, 3.8) is 0 Å². The molecule has 2 heterocycles. The zero-order valence-corrected chi connectivity index (χ0v) is 10.5. The van der Waals surface area contributed by atoms with Crippen LogP contribution < -0.4 is 5.32 Å². The monoisotopic (exact) mass is 242 g/mol. The van der Waals surface area contributed by atoms with Gasteiger partial charge in [0, 0.05) is 31.5 Å². The molecule has 1 saturated heterocycles. The minimum atomic E-state index is -0.717. The highest BCUT2D eigenvalue weighted by atomic mass is 32.1. The molecule has 1 fully saturated rings. The Morgan fingerprint density at radius 3 is 3.12 bits per heavy atom. The molecule has 90 valence electrons. The Balaban J connectivity index is 1.79. The fourth-order valence-corrected chi connectivity index (χ4v) is 2.51. The van der Waals surface area contributed by atoms with Gasteiger partial charge < -0.3 is 15.2 Å². The van der Waals surface area contributed by atoms with Crippen LogP contribution in [0.4, 0.5) is 0 Å². The van der Waals surface area contributed by atoms with Crippen molar-refractivity contribution in [1.82, 2.24) is 10.3 Å². The average Bonchev–Trinajstić information content (AvgIpc) is 2.76. The number of nitrogens with one attached hydrogen (secondary N) is 1. The van der Waals surface area contributed by atoms with Crippen LogP contribution in [0.15, 0.2) is 5.38 Å². The lowest BCUT2D eigenvalue weighted by Gasteiger charge is -2.26. The molecule has 2 atom stereocenters. The van der Waals surface area contributed by atoms with Crippen LogP contribution in [-0.2, 0) is 11.3 Å². The van der Waals surface area contributed by atoms with Gasteiger partial charge in [-0.1, -0.05) is 0 Å². The highest BCUT2D eigenvalue weighted by molar-refractivity contribution is 7.09. The number of ether oxygens (including phenoxy) is 1. The van der Waals surface area contributed by atoms with Gasteiger partial charge in [-0.2, -0.15) is 0 Å². The van der Waals surface area contributed by atoms with Gasteiger partial charge in [-0.25, -0.2) is 4.98 Å². The van der Waals surface area contributed by atoms with Gasteiger partial charge >= 0.3 is 0 Å². The largest absolute Gasteiger partial charge is 0.386 e. The molecule has 16 heavy (non-hydrogen) atoms. The first kappa shape index (κ1) is 12.0. The van der Waals surface area contributed by atoms with Crippen LogP contribution in [0.25, 0.3) is 0 Å². The summed E-state index contributed by atoms with van der Waals surface area (Å²) in [5, 5.41) is 16.6. The van der Waals surface area contributed by atoms with E-state index >= 15 is 0 Å². The standard InChI is InChI=1S/C11H18N2O2S/c1-8-11(14,3-4-15-8)7-12-5-10-6-16-9(2)13-10/h6,8,12,14H,3-5,7H2,1-2H3. The SMILES string of the molecule is Cc1nc(CNCC2(O)CCOC2C)cs1. The lowest BCUT2D eigenvalue weighted by Crippen LogP contribution is -2.45. The van der Waals surface area contributed by atoms with E-state index in [1.807, 2.05) is 19.2 Å². The van der Waals surface area contributed by atoms with Gasteiger partial charge in [-0.15, -0.1) is 11.3 Å². The number of aryl methyl sites for hydroxylation is 1. The first-order valence-corrected chi connectivity index (χ1v) is 6.44. The van der Waals surface area contributed by atoms with Crippen molar-refractivity contribution < 1.29 is 9.84 Å². The summed E-state index contributed by atoms with van der Waals surface area (Å²) in [6.07, 6.45) is 0.620. The van der Waals surface area contributed by atoms with Crippen LogP contribution in [0.5, 0.6) is 0 Å². The maximum atomic E-state index is 10.2. The van der Waals surface area contributed by atoms with E-state index in [2.05, 4.69) is 10.3 Å². The molecule has 1 aliphatic rings. The molecular weight excluding hydrogens is 224 g/mol. The second-order valence-corrected chi connectivity index (χ2v) is 5.39. The molecule has 0 radical (unpaired) electrons. The quantitative estimate of drug-likeness (QED) is 0.829. The third kappa shape index (κ3) is 2.60. The lowest BCUT2D eigenvalue weighted by atomic mass is 9.97. The Hall–Kier alpha value is -0.490. The van der Waals surface area contributed by atoms with Gasteiger partial charge in [0.1, 0.15) is 5.60 Å². The predicted octanol–water partition coefficient (Wildman–Crippen LogP) is 1.08. The average molecular weight is 242 g/mol. The maximum Gasteiger partial charge on any atom is 0.105 e. The van der Waals surface area contributed by atoms with Crippen LogP contribution in [0, 0.1) is 6.92 Å². The number of hydrogen-bond acceptors (Lipinski definition) is 5. The highest BCUT2D eigenvalue weighted by Crippen LogP contribution is 2.24. The van der Waals surface area contributed by atoms with E-state index in [-0.39, 0.29) is 6.10 Å². The Labute approximate surface area is 99.7 Å². The van der Waals surface area contributed by atoms with Crippen molar-refractivity contribution in [3.05, 3.63) is 16.1 Å². The van der Waals surface area contributed by atoms with Gasteiger partial charge in [0.05, 0.1) is 16.8 Å². The first-order chi connectivity index (χ1) is 7.60. The molecule has 2 N–H and O–H groups in total. The van der Waals surface area contributed by atoms with Crippen LogP contribution >= 0.6 is 11.3 Å². The molecule has 0 spiro atoms. The van der Waals surface area contributed by atoms with Crippen LogP contribution in [0.2, 0.25) is 0 Å². The molecule has 4 nitrogen and oxygen atoms in total. The molecule has 1 aromatic heterocycles. The van der Waals surface area contributed by atoms with Crippen LogP contribution in [-0.4, -0.2) is 34.9 Å². The molecule has 0 amide bonds. The number of aromatic nitrogens is 1. The summed E-state index contributed by atoms with van der Waals surface area (Å²) < 4.78 is 5.37. The van der Waals surface area contributed by atoms with Gasteiger partial charge in [0.2, 0.25) is 0 Å². The molecule has 0 aromatic carbocycles. The number of rotatable bonds is 4. The Kier molecular flexibility index (Phi) is 3.59. The second kappa shape index (κ2) is 4.79. The first-order valence-electron chi connectivity index (χ1n) is 5.56. The Bertz CT molecular complexity index is 356. The van der Waals surface area contributed by atoms with Gasteiger partial charge in [0.15, 0.2) is 0 Å². The van der Waals surface area contributed by atoms with Crippen molar-refractivity contribution in [1.29, 1.82) is 0 Å². The smallest absolute Gasteiger partial charge is 0.105 e. The van der Waals surface area contributed by atoms with Crippen molar-refractivity contribution >= 4 is 11.3 Å². The molecule has 0 aliphatic carbocycles. The molecule has 1 aromatic rings. The predicted molar refractivity (Wildman–Crippen MR) is 63.5 cm³/mol. The van der Waals surface area contributed by atoms with Crippen molar-refractivity contribution in [2.45, 2.75) is 38.5 Å². The summed E-state index contributed by atoms with van der Waals surface area (Å²) in [4.78, 5) is 4.36. The van der Waals surface area contributed by atoms with Crippen molar-refractivity contribution in [2.75, 3.05) is 13.2 Å². The van der Waals surface area contributed by atoms with E-state index in [0.717, 1.165) is 10.7 Å². The van der Waals surface area contributed by atoms with E-state index in [9.17, 15) is 5.11 Å². The molecule has 0 saturated carbocycles. The molecule has 2 unspecified atom stereocenters.